The van der Waals surface area contributed by atoms with E-state index < -0.39 is 0 Å². The Balaban J connectivity index is 2.95. The van der Waals surface area contributed by atoms with Crippen LogP contribution in [0.2, 0.25) is 10.0 Å². The summed E-state index contributed by atoms with van der Waals surface area (Å²) in [6, 6.07) is 2.99. The van der Waals surface area contributed by atoms with Gasteiger partial charge in [0, 0.05) is 12.2 Å². The first-order valence-corrected chi connectivity index (χ1v) is 5.34. The van der Waals surface area contributed by atoms with Crippen LogP contribution >= 0.6 is 23.2 Å². The predicted molar refractivity (Wildman–Crippen MR) is 68.0 cm³/mol. The van der Waals surface area contributed by atoms with E-state index in [1.54, 1.807) is 0 Å². The van der Waals surface area contributed by atoms with E-state index >= 15 is 0 Å². The van der Waals surface area contributed by atoms with Gasteiger partial charge in [0.05, 0.1) is 15.6 Å². The van der Waals surface area contributed by atoms with Crippen LogP contribution in [-0.4, -0.2) is 12.5 Å². The fraction of sp³-hybridized carbons (Fsp3) is 0.182. The Kier molecular flexibility index (Phi) is 4.21. The summed E-state index contributed by atoms with van der Waals surface area (Å²) in [5, 5.41) is 3.13. The fourth-order valence-electron chi connectivity index (χ4n) is 1.10. The molecule has 0 spiro atoms. The predicted octanol–water partition coefficient (Wildman–Crippen LogP) is 2.88. The maximum absolute atomic E-state index is 11.7. The lowest BCUT2D eigenvalue weighted by molar-refractivity contribution is 0.0957. The average Bonchev–Trinajstić information content (AvgIpc) is 2.19. The number of rotatable bonds is 3. The number of nitrogens with two attached hydrogens (primary N) is 1. The first-order valence-electron chi connectivity index (χ1n) is 4.59. The van der Waals surface area contributed by atoms with E-state index in [2.05, 4.69) is 11.9 Å². The second-order valence-corrected chi connectivity index (χ2v) is 4.29. The second kappa shape index (κ2) is 5.23. The highest BCUT2D eigenvalue weighted by atomic mass is 35.5. The standard InChI is InChI=1S/C11H12Cl2N2O/c1-6(2)5-15-11(16)8-3-7(14)4-9(12)10(8)13/h3-4H,1,5,14H2,2H3,(H,15,16). The van der Waals surface area contributed by atoms with Crippen LogP contribution in [0.15, 0.2) is 24.3 Å². The molecule has 0 bridgehead atoms. The van der Waals surface area contributed by atoms with Crippen molar-refractivity contribution in [3.8, 4) is 0 Å². The van der Waals surface area contributed by atoms with Gasteiger partial charge >= 0.3 is 0 Å². The molecule has 0 unspecified atom stereocenters. The van der Waals surface area contributed by atoms with E-state index in [4.69, 9.17) is 28.9 Å². The first-order chi connectivity index (χ1) is 7.41. The molecule has 0 saturated carbocycles. The highest BCUT2D eigenvalue weighted by molar-refractivity contribution is 6.44. The van der Waals surface area contributed by atoms with Crippen LogP contribution in [0.1, 0.15) is 17.3 Å². The van der Waals surface area contributed by atoms with Crippen LogP contribution in [0, 0.1) is 0 Å². The third-order valence-electron chi connectivity index (χ3n) is 1.85. The van der Waals surface area contributed by atoms with Crippen LogP contribution in [0.4, 0.5) is 5.69 Å². The van der Waals surface area contributed by atoms with Gasteiger partial charge in [-0.3, -0.25) is 4.79 Å². The highest BCUT2D eigenvalue weighted by Crippen LogP contribution is 2.28. The van der Waals surface area contributed by atoms with Crippen molar-refractivity contribution >= 4 is 34.8 Å². The zero-order valence-electron chi connectivity index (χ0n) is 8.81. The molecule has 1 rings (SSSR count). The minimum atomic E-state index is -0.317. The van der Waals surface area contributed by atoms with Gasteiger partial charge in [-0.15, -0.1) is 0 Å². The molecule has 0 aromatic heterocycles. The molecule has 1 aromatic rings. The molecule has 16 heavy (non-hydrogen) atoms. The molecule has 5 heteroatoms. The number of nitrogen functional groups attached to an aromatic ring is 1. The minimum absolute atomic E-state index is 0.204. The molecule has 0 aliphatic carbocycles. The average molecular weight is 259 g/mol. The van der Waals surface area contributed by atoms with Gasteiger partial charge < -0.3 is 11.1 Å². The summed E-state index contributed by atoms with van der Waals surface area (Å²) in [6.45, 7) is 5.88. The Bertz CT molecular complexity index is 444. The fourth-order valence-corrected chi connectivity index (χ4v) is 1.52. The molecule has 3 N–H and O–H groups in total. The Labute approximate surface area is 104 Å². The monoisotopic (exact) mass is 258 g/mol. The maximum atomic E-state index is 11.7. The van der Waals surface area contributed by atoms with E-state index in [1.807, 2.05) is 6.92 Å². The number of carbonyl (C=O) groups excluding carboxylic acids is 1. The smallest absolute Gasteiger partial charge is 0.253 e. The van der Waals surface area contributed by atoms with Gasteiger partial charge in [0.2, 0.25) is 0 Å². The molecule has 0 aliphatic rings. The molecule has 0 heterocycles. The minimum Gasteiger partial charge on any atom is -0.399 e. The molecule has 3 nitrogen and oxygen atoms in total. The van der Waals surface area contributed by atoms with Crippen LogP contribution in [0.3, 0.4) is 0 Å². The van der Waals surface area contributed by atoms with Crippen LogP contribution in [0.25, 0.3) is 0 Å². The zero-order chi connectivity index (χ0) is 12.3. The number of nitrogens with one attached hydrogen (secondary N) is 1. The lowest BCUT2D eigenvalue weighted by Crippen LogP contribution is -2.25. The number of carbonyl (C=O) groups is 1. The van der Waals surface area contributed by atoms with Crippen LogP contribution in [-0.2, 0) is 0 Å². The lowest BCUT2D eigenvalue weighted by Gasteiger charge is -2.08. The maximum Gasteiger partial charge on any atom is 0.253 e. The quantitative estimate of drug-likeness (QED) is 0.647. The van der Waals surface area contributed by atoms with E-state index in [-0.39, 0.29) is 21.5 Å². The number of amides is 1. The molecular weight excluding hydrogens is 247 g/mol. The summed E-state index contributed by atoms with van der Waals surface area (Å²) in [5.41, 5.74) is 7.10. The van der Waals surface area contributed by atoms with Crippen molar-refractivity contribution in [3.05, 3.63) is 39.9 Å². The molecule has 0 saturated heterocycles. The van der Waals surface area contributed by atoms with Gasteiger partial charge in [0.25, 0.3) is 5.91 Å². The van der Waals surface area contributed by atoms with Crippen LogP contribution < -0.4 is 11.1 Å². The van der Waals surface area contributed by atoms with Crippen molar-refractivity contribution in [2.45, 2.75) is 6.92 Å². The van der Waals surface area contributed by atoms with E-state index in [9.17, 15) is 4.79 Å². The summed E-state index contributed by atoms with van der Waals surface area (Å²) in [6.07, 6.45) is 0. The topological polar surface area (TPSA) is 55.1 Å². The van der Waals surface area contributed by atoms with Crippen molar-refractivity contribution in [2.24, 2.45) is 0 Å². The summed E-state index contributed by atoms with van der Waals surface area (Å²) >= 11 is 11.7. The van der Waals surface area contributed by atoms with Gasteiger partial charge in [-0.05, 0) is 19.1 Å². The molecule has 0 fully saturated rings. The number of anilines is 1. The number of benzene rings is 1. The first kappa shape index (κ1) is 12.9. The summed E-state index contributed by atoms with van der Waals surface area (Å²) < 4.78 is 0. The molecule has 0 atom stereocenters. The van der Waals surface area contributed by atoms with Gasteiger partial charge in [0.15, 0.2) is 0 Å². The molecule has 0 aliphatic heterocycles. The zero-order valence-corrected chi connectivity index (χ0v) is 10.3. The van der Waals surface area contributed by atoms with Crippen molar-refractivity contribution in [3.63, 3.8) is 0 Å². The van der Waals surface area contributed by atoms with Crippen molar-refractivity contribution < 1.29 is 4.79 Å². The van der Waals surface area contributed by atoms with E-state index in [0.717, 1.165) is 5.57 Å². The molecule has 1 amide bonds. The molecule has 1 aromatic carbocycles. The molecule has 86 valence electrons. The van der Waals surface area contributed by atoms with Crippen molar-refractivity contribution in [2.75, 3.05) is 12.3 Å². The summed E-state index contributed by atoms with van der Waals surface area (Å²) in [4.78, 5) is 11.7. The third-order valence-corrected chi connectivity index (χ3v) is 2.65. The molecular formula is C11H12Cl2N2O. The Morgan fingerprint density at radius 2 is 2.12 bits per heavy atom. The number of hydrogen-bond donors (Lipinski definition) is 2. The van der Waals surface area contributed by atoms with Gasteiger partial charge in [-0.2, -0.15) is 0 Å². The van der Waals surface area contributed by atoms with E-state index in [0.29, 0.717) is 12.2 Å². The molecule has 0 radical (unpaired) electrons. The van der Waals surface area contributed by atoms with Crippen molar-refractivity contribution in [1.29, 1.82) is 0 Å². The second-order valence-electron chi connectivity index (χ2n) is 3.50. The lowest BCUT2D eigenvalue weighted by atomic mass is 10.2. The Hall–Kier alpha value is -1.19. The normalized spacial score (nSPS) is 9.94. The number of halogens is 2. The summed E-state index contributed by atoms with van der Waals surface area (Å²) in [5.74, 6) is -0.317. The summed E-state index contributed by atoms with van der Waals surface area (Å²) in [7, 11) is 0. The van der Waals surface area contributed by atoms with Crippen molar-refractivity contribution in [1.82, 2.24) is 5.32 Å². The SMILES string of the molecule is C=C(C)CNC(=O)c1cc(N)cc(Cl)c1Cl. The van der Waals surface area contributed by atoms with Gasteiger partial charge in [-0.25, -0.2) is 0 Å². The van der Waals surface area contributed by atoms with Gasteiger partial charge in [-0.1, -0.05) is 35.4 Å². The Morgan fingerprint density at radius 1 is 1.50 bits per heavy atom. The Morgan fingerprint density at radius 3 is 2.69 bits per heavy atom. The third kappa shape index (κ3) is 3.15. The van der Waals surface area contributed by atoms with Crippen LogP contribution in [0.5, 0.6) is 0 Å². The highest BCUT2D eigenvalue weighted by Gasteiger charge is 2.13. The number of hydrogen-bond acceptors (Lipinski definition) is 2. The van der Waals surface area contributed by atoms with E-state index in [1.165, 1.54) is 12.1 Å². The van der Waals surface area contributed by atoms with Gasteiger partial charge in [0.1, 0.15) is 0 Å². The largest absolute Gasteiger partial charge is 0.399 e.